The topological polar surface area (TPSA) is 146 Å². The summed E-state index contributed by atoms with van der Waals surface area (Å²) in [7, 11) is -1.04. The third-order valence-electron chi connectivity index (χ3n) is 5.47. The number of aromatic carboxylic acids is 1. The number of likely N-dealkylation sites (tertiary alicyclic amines) is 1. The minimum absolute atomic E-state index is 0.106. The molecule has 2 aliphatic heterocycles. The first-order chi connectivity index (χ1) is 14.3. The summed E-state index contributed by atoms with van der Waals surface area (Å²) in [5.74, 6) is -0.767. The first-order valence-electron chi connectivity index (χ1n) is 9.70. The monoisotopic (exact) mass is 414 g/mol. The molecule has 0 radical (unpaired) electrons. The van der Waals surface area contributed by atoms with E-state index in [-0.39, 0.29) is 28.9 Å². The summed E-state index contributed by atoms with van der Waals surface area (Å²) in [5.41, 5.74) is 7.41. The second-order valence-electron chi connectivity index (χ2n) is 7.57. The summed E-state index contributed by atoms with van der Waals surface area (Å²) in [5, 5.41) is 39.3. The van der Waals surface area contributed by atoms with E-state index < -0.39 is 25.4 Å². The molecule has 2 heterocycles. The third kappa shape index (κ3) is 3.95. The van der Waals surface area contributed by atoms with Crippen molar-refractivity contribution in [2.75, 3.05) is 13.1 Å². The van der Waals surface area contributed by atoms with E-state index in [1.54, 1.807) is 29.2 Å². The molecule has 0 saturated carbocycles. The van der Waals surface area contributed by atoms with Crippen LogP contribution < -0.4 is 15.1 Å². The number of benzene rings is 2. The molecule has 30 heavy (non-hydrogen) atoms. The Morgan fingerprint density at radius 2 is 1.93 bits per heavy atom. The van der Waals surface area contributed by atoms with Gasteiger partial charge in [0.2, 0.25) is 0 Å². The van der Waals surface area contributed by atoms with Gasteiger partial charge in [0.1, 0.15) is 35.1 Å². The zero-order valence-electron chi connectivity index (χ0n) is 16.1. The van der Waals surface area contributed by atoms with E-state index in [1.165, 1.54) is 12.1 Å². The smallest absolute Gasteiger partial charge is 0.522 e. The number of aliphatic hydroxyl groups is 1. The molecule has 1 saturated heterocycles. The molecule has 158 valence electrons. The number of rotatable bonds is 6. The summed E-state index contributed by atoms with van der Waals surface area (Å²) >= 11 is 0. The SMILES string of the molecule is N[C@H](c1ccc(O)cc1)C(O)N1CC(Oc2ccc3c(c2C(=O)O)OB(O)CC3)C1. The Bertz CT molecular complexity index is 933. The van der Waals surface area contributed by atoms with Crippen molar-refractivity contribution < 1.29 is 34.5 Å². The lowest BCUT2D eigenvalue weighted by molar-refractivity contribution is -0.101. The molecule has 4 rings (SSSR count). The highest BCUT2D eigenvalue weighted by atomic mass is 16.5. The number of aryl methyl sites for hydroxylation is 1. The first kappa shape index (κ1) is 20.5. The maximum atomic E-state index is 11.8. The second-order valence-corrected chi connectivity index (χ2v) is 7.57. The predicted octanol–water partition coefficient (Wildman–Crippen LogP) is 0.587. The fourth-order valence-corrected chi connectivity index (χ4v) is 3.75. The number of carboxylic acids is 1. The van der Waals surface area contributed by atoms with Gasteiger partial charge in [0.05, 0.1) is 6.04 Å². The van der Waals surface area contributed by atoms with Crippen LogP contribution in [0.2, 0.25) is 6.32 Å². The van der Waals surface area contributed by atoms with Gasteiger partial charge >= 0.3 is 13.1 Å². The number of aromatic hydroxyl groups is 1. The molecular weight excluding hydrogens is 391 g/mol. The van der Waals surface area contributed by atoms with Crippen molar-refractivity contribution in [3.63, 3.8) is 0 Å². The average Bonchev–Trinajstić information content (AvgIpc) is 2.69. The van der Waals surface area contributed by atoms with Crippen molar-refractivity contribution in [3.05, 3.63) is 53.1 Å². The Hall–Kier alpha value is -2.79. The van der Waals surface area contributed by atoms with Crippen LogP contribution in [0.15, 0.2) is 36.4 Å². The van der Waals surface area contributed by atoms with Crippen molar-refractivity contribution in [3.8, 4) is 17.2 Å². The molecule has 9 nitrogen and oxygen atoms in total. The number of nitrogens with zero attached hydrogens (tertiary/aromatic N) is 1. The van der Waals surface area contributed by atoms with Crippen LogP contribution in [0.3, 0.4) is 0 Å². The summed E-state index contributed by atoms with van der Waals surface area (Å²) in [6.07, 6.45) is -0.342. The zero-order chi connectivity index (χ0) is 21.4. The van der Waals surface area contributed by atoms with Crippen LogP contribution in [-0.4, -0.2) is 63.8 Å². The van der Waals surface area contributed by atoms with Crippen LogP contribution in [0, 0.1) is 0 Å². The van der Waals surface area contributed by atoms with Crippen LogP contribution in [0.4, 0.5) is 0 Å². The number of phenolic OH excluding ortho intramolecular Hbond substituents is 1. The lowest BCUT2D eigenvalue weighted by Crippen LogP contribution is -2.60. The van der Waals surface area contributed by atoms with Crippen molar-refractivity contribution in [2.24, 2.45) is 5.73 Å². The molecule has 0 amide bonds. The standard InChI is InChI=1S/C20H23BN2O7/c22-17(11-1-4-13(24)5-2-11)19(25)23-9-14(10-23)29-15-6-3-12-7-8-21(28)30-18(12)16(15)20(26)27/h1-6,14,17,19,24-25,28H,7-10,22H2,(H,26,27)/t17-,19?/m1/s1. The number of carboxylic acid groups (broad SMARTS) is 1. The van der Waals surface area contributed by atoms with E-state index in [0.717, 1.165) is 5.56 Å². The molecule has 2 aromatic carbocycles. The van der Waals surface area contributed by atoms with Crippen LogP contribution in [0.25, 0.3) is 0 Å². The molecule has 0 aliphatic carbocycles. The quantitative estimate of drug-likeness (QED) is 0.429. The highest BCUT2D eigenvalue weighted by molar-refractivity contribution is 6.44. The van der Waals surface area contributed by atoms with Gasteiger partial charge in [-0.05, 0) is 42.1 Å². The van der Waals surface area contributed by atoms with Crippen LogP contribution in [0.1, 0.15) is 27.5 Å². The third-order valence-corrected chi connectivity index (χ3v) is 5.47. The molecule has 0 bridgehead atoms. The Morgan fingerprint density at radius 1 is 1.23 bits per heavy atom. The number of nitrogens with two attached hydrogens (primary N) is 1. The normalized spacial score (nSPS) is 18.7. The lowest BCUT2D eigenvalue weighted by atomic mass is 9.78. The van der Waals surface area contributed by atoms with Crippen LogP contribution >= 0.6 is 0 Å². The van der Waals surface area contributed by atoms with E-state index in [9.17, 15) is 25.1 Å². The van der Waals surface area contributed by atoms with Gasteiger partial charge in [-0.15, -0.1) is 0 Å². The van der Waals surface area contributed by atoms with Crippen molar-refractivity contribution in [1.29, 1.82) is 0 Å². The number of carbonyl (C=O) groups is 1. The number of hydrogen-bond acceptors (Lipinski definition) is 8. The van der Waals surface area contributed by atoms with Gasteiger partial charge in [-0.25, -0.2) is 4.79 Å². The molecule has 2 aliphatic rings. The molecule has 10 heteroatoms. The molecule has 0 aromatic heterocycles. The largest absolute Gasteiger partial charge is 0.535 e. The van der Waals surface area contributed by atoms with E-state index in [4.69, 9.17) is 15.1 Å². The molecule has 0 spiro atoms. The predicted molar refractivity (Wildman–Crippen MR) is 108 cm³/mol. The lowest BCUT2D eigenvalue weighted by Gasteiger charge is -2.43. The second kappa shape index (κ2) is 8.15. The van der Waals surface area contributed by atoms with Gasteiger partial charge in [-0.3, -0.25) is 4.90 Å². The summed E-state index contributed by atoms with van der Waals surface area (Å²) in [6, 6.07) is 8.99. The summed E-state index contributed by atoms with van der Waals surface area (Å²) in [6.45, 7) is 0.735. The van der Waals surface area contributed by atoms with E-state index in [2.05, 4.69) is 0 Å². The van der Waals surface area contributed by atoms with Crippen LogP contribution in [0.5, 0.6) is 17.2 Å². The van der Waals surface area contributed by atoms with Gasteiger partial charge in [-0.2, -0.15) is 0 Å². The molecule has 2 atom stereocenters. The fraction of sp³-hybridized carbons (Fsp3) is 0.350. The highest BCUT2D eigenvalue weighted by Crippen LogP contribution is 2.37. The van der Waals surface area contributed by atoms with E-state index >= 15 is 0 Å². The van der Waals surface area contributed by atoms with E-state index in [0.29, 0.717) is 31.4 Å². The van der Waals surface area contributed by atoms with Gasteiger partial charge in [0.25, 0.3) is 0 Å². The number of fused-ring (bicyclic) bond motifs is 1. The number of hydrogen-bond donors (Lipinski definition) is 5. The minimum Gasteiger partial charge on any atom is -0.535 e. The maximum absolute atomic E-state index is 11.8. The van der Waals surface area contributed by atoms with Crippen molar-refractivity contribution >= 4 is 13.1 Å². The Balaban J connectivity index is 1.42. The Labute approximate surface area is 173 Å². The first-order valence-corrected chi connectivity index (χ1v) is 9.70. The van der Waals surface area contributed by atoms with Crippen LogP contribution in [-0.2, 0) is 6.42 Å². The van der Waals surface area contributed by atoms with Gasteiger partial charge in [0.15, 0.2) is 0 Å². The van der Waals surface area contributed by atoms with E-state index in [1.807, 2.05) is 0 Å². The Kier molecular flexibility index (Phi) is 5.57. The molecular formula is C20H23BN2O7. The number of aliphatic hydroxyl groups excluding tert-OH is 1. The highest BCUT2D eigenvalue weighted by Gasteiger charge is 2.37. The average molecular weight is 414 g/mol. The Morgan fingerprint density at radius 3 is 2.60 bits per heavy atom. The molecule has 1 fully saturated rings. The molecule has 6 N–H and O–H groups in total. The number of phenols is 1. The fourth-order valence-electron chi connectivity index (χ4n) is 3.75. The number of ether oxygens (including phenoxy) is 1. The van der Waals surface area contributed by atoms with Gasteiger partial charge < -0.3 is 35.5 Å². The molecule has 1 unspecified atom stereocenters. The zero-order valence-corrected chi connectivity index (χ0v) is 16.1. The molecule has 2 aromatic rings. The minimum atomic E-state index is -1.19. The maximum Gasteiger partial charge on any atom is 0.522 e. The summed E-state index contributed by atoms with van der Waals surface area (Å²) < 4.78 is 11.2. The van der Waals surface area contributed by atoms with Crippen molar-refractivity contribution in [2.45, 2.75) is 31.1 Å². The van der Waals surface area contributed by atoms with Gasteiger partial charge in [-0.1, -0.05) is 18.2 Å². The summed E-state index contributed by atoms with van der Waals surface area (Å²) in [4.78, 5) is 13.5. The van der Waals surface area contributed by atoms with Gasteiger partial charge in [0, 0.05) is 13.1 Å². The van der Waals surface area contributed by atoms with Crippen molar-refractivity contribution in [1.82, 2.24) is 4.90 Å².